The third-order valence-electron chi connectivity index (χ3n) is 4.48. The van der Waals surface area contributed by atoms with Crippen LogP contribution in [0, 0.1) is 5.92 Å². The summed E-state index contributed by atoms with van der Waals surface area (Å²) in [7, 11) is 0. The molecular weight excluding hydrogens is 310 g/mol. The first-order valence-corrected chi connectivity index (χ1v) is 8.27. The van der Waals surface area contributed by atoms with Gasteiger partial charge in [0, 0.05) is 0 Å². The zero-order valence-electron chi connectivity index (χ0n) is 14.3. The third kappa shape index (κ3) is 3.94. The molecule has 1 aromatic carbocycles. The van der Waals surface area contributed by atoms with Crippen LogP contribution >= 0.6 is 0 Å². The van der Waals surface area contributed by atoms with Gasteiger partial charge < -0.3 is 14.9 Å². The first kappa shape index (κ1) is 18.4. The van der Waals surface area contributed by atoms with Gasteiger partial charge in [-0.2, -0.15) is 0 Å². The Hall–Kier alpha value is -1.92. The molecule has 1 saturated heterocycles. The molecule has 0 aromatic heterocycles. The van der Waals surface area contributed by atoms with Crippen LogP contribution in [0.1, 0.15) is 45.3 Å². The first-order chi connectivity index (χ1) is 11.3. The van der Waals surface area contributed by atoms with E-state index in [4.69, 9.17) is 4.74 Å². The molecule has 24 heavy (non-hydrogen) atoms. The van der Waals surface area contributed by atoms with Crippen molar-refractivity contribution in [1.29, 1.82) is 0 Å². The molecule has 2 N–H and O–H groups in total. The van der Waals surface area contributed by atoms with Gasteiger partial charge in [0.15, 0.2) is 0 Å². The summed E-state index contributed by atoms with van der Waals surface area (Å²) < 4.78 is 5.37. The molecule has 1 fully saturated rings. The Morgan fingerprint density at radius 2 is 1.83 bits per heavy atom. The van der Waals surface area contributed by atoms with Gasteiger partial charge in [-0.3, -0.25) is 4.79 Å². The Kier molecular flexibility index (Phi) is 5.96. The van der Waals surface area contributed by atoms with Gasteiger partial charge in [-0.1, -0.05) is 37.3 Å². The van der Waals surface area contributed by atoms with Crippen molar-refractivity contribution in [2.75, 3.05) is 0 Å². The Labute approximate surface area is 142 Å². The Morgan fingerprint density at radius 1 is 1.21 bits per heavy atom. The lowest BCUT2D eigenvalue weighted by Crippen LogP contribution is -2.44. The molecule has 1 aliphatic rings. The van der Waals surface area contributed by atoms with Crippen molar-refractivity contribution < 1.29 is 24.5 Å². The molecule has 0 aliphatic carbocycles. The summed E-state index contributed by atoms with van der Waals surface area (Å²) in [5.41, 5.74) is 0.830. The monoisotopic (exact) mass is 335 g/mol. The highest BCUT2D eigenvalue weighted by Gasteiger charge is 2.45. The van der Waals surface area contributed by atoms with E-state index in [1.807, 2.05) is 30.3 Å². The van der Waals surface area contributed by atoms with Crippen LogP contribution in [-0.2, 0) is 9.53 Å². The SMILES string of the molecule is CC(O)CCC(O)C(C)C(=O)N1C(=O)OC(c2ccccc2)C1C. The lowest BCUT2D eigenvalue weighted by atomic mass is 9.96. The number of aliphatic hydroxyl groups excluding tert-OH is 2. The molecule has 5 unspecified atom stereocenters. The van der Waals surface area contributed by atoms with Crippen molar-refractivity contribution in [3.63, 3.8) is 0 Å². The summed E-state index contributed by atoms with van der Waals surface area (Å²) in [5.74, 6) is -1.20. The van der Waals surface area contributed by atoms with Gasteiger partial charge in [0.05, 0.1) is 24.2 Å². The summed E-state index contributed by atoms with van der Waals surface area (Å²) in [6.07, 6.45) is -1.96. The van der Waals surface area contributed by atoms with E-state index in [0.29, 0.717) is 12.8 Å². The van der Waals surface area contributed by atoms with Crippen molar-refractivity contribution in [2.24, 2.45) is 5.92 Å². The maximum absolute atomic E-state index is 12.6. The maximum atomic E-state index is 12.6. The van der Waals surface area contributed by atoms with Crippen molar-refractivity contribution >= 4 is 12.0 Å². The minimum Gasteiger partial charge on any atom is -0.439 e. The molecule has 1 aromatic rings. The normalized spacial score (nSPS) is 24.4. The second kappa shape index (κ2) is 7.77. The van der Waals surface area contributed by atoms with Crippen LogP contribution in [0.25, 0.3) is 0 Å². The molecule has 2 rings (SSSR count). The number of ether oxygens (including phenoxy) is 1. The van der Waals surface area contributed by atoms with E-state index in [2.05, 4.69) is 0 Å². The van der Waals surface area contributed by atoms with Gasteiger partial charge in [-0.15, -0.1) is 0 Å². The molecule has 132 valence electrons. The second-order valence-corrected chi connectivity index (χ2v) is 6.45. The Bertz CT molecular complexity index is 574. The zero-order valence-corrected chi connectivity index (χ0v) is 14.3. The number of imide groups is 1. The number of carbonyl (C=O) groups is 2. The third-order valence-corrected chi connectivity index (χ3v) is 4.48. The Morgan fingerprint density at radius 3 is 2.42 bits per heavy atom. The Balaban J connectivity index is 2.07. The van der Waals surface area contributed by atoms with Crippen LogP contribution in [-0.4, -0.2) is 45.4 Å². The number of rotatable bonds is 6. The van der Waals surface area contributed by atoms with E-state index in [9.17, 15) is 19.8 Å². The number of benzene rings is 1. The molecule has 0 saturated carbocycles. The van der Waals surface area contributed by atoms with Gasteiger partial charge in [0.2, 0.25) is 5.91 Å². The van der Waals surface area contributed by atoms with Gasteiger partial charge in [0.1, 0.15) is 6.10 Å². The van der Waals surface area contributed by atoms with Crippen molar-refractivity contribution in [1.82, 2.24) is 4.90 Å². The average Bonchev–Trinajstić information content (AvgIpc) is 2.86. The molecule has 0 bridgehead atoms. The van der Waals surface area contributed by atoms with Crippen molar-refractivity contribution in [2.45, 2.75) is 58.0 Å². The zero-order chi connectivity index (χ0) is 17.9. The number of cyclic esters (lactones) is 1. The summed E-state index contributed by atoms with van der Waals surface area (Å²) in [6.45, 7) is 4.98. The van der Waals surface area contributed by atoms with Gasteiger partial charge in [-0.05, 0) is 32.3 Å². The minimum atomic E-state index is -0.914. The standard InChI is InChI=1S/C18H25NO5/c1-11(20)9-10-15(21)12(2)17(22)19-13(3)16(24-18(19)23)14-7-5-4-6-8-14/h4-8,11-13,15-16,20-21H,9-10H2,1-3H3. The van der Waals surface area contributed by atoms with Crippen LogP contribution in [0.5, 0.6) is 0 Å². The van der Waals surface area contributed by atoms with Gasteiger partial charge in [0.25, 0.3) is 0 Å². The predicted octanol–water partition coefficient (Wildman–Crippen LogP) is 2.25. The van der Waals surface area contributed by atoms with E-state index in [1.165, 1.54) is 0 Å². The lowest BCUT2D eigenvalue weighted by Gasteiger charge is -2.25. The summed E-state index contributed by atoms with van der Waals surface area (Å²) in [6, 6.07) is 8.83. The maximum Gasteiger partial charge on any atom is 0.417 e. The minimum absolute atomic E-state index is 0.296. The average molecular weight is 335 g/mol. The van der Waals surface area contributed by atoms with Crippen LogP contribution in [0.4, 0.5) is 4.79 Å². The summed E-state index contributed by atoms with van der Waals surface area (Å²) in [5, 5.41) is 19.4. The fraction of sp³-hybridized carbons (Fsp3) is 0.556. The predicted molar refractivity (Wildman–Crippen MR) is 88.1 cm³/mol. The quantitative estimate of drug-likeness (QED) is 0.832. The highest BCUT2D eigenvalue weighted by Crippen LogP contribution is 2.33. The molecule has 6 nitrogen and oxygen atoms in total. The molecule has 1 aliphatic heterocycles. The number of hydrogen-bond acceptors (Lipinski definition) is 5. The second-order valence-electron chi connectivity index (χ2n) is 6.45. The smallest absolute Gasteiger partial charge is 0.417 e. The van der Waals surface area contributed by atoms with Crippen LogP contribution < -0.4 is 0 Å². The van der Waals surface area contributed by atoms with Crippen molar-refractivity contribution in [3.05, 3.63) is 35.9 Å². The molecule has 2 amide bonds. The molecule has 0 radical (unpaired) electrons. The molecule has 0 spiro atoms. The van der Waals surface area contributed by atoms with E-state index in [-0.39, 0.29) is 0 Å². The van der Waals surface area contributed by atoms with Crippen molar-refractivity contribution in [3.8, 4) is 0 Å². The highest BCUT2D eigenvalue weighted by molar-refractivity contribution is 5.95. The number of carbonyl (C=O) groups excluding carboxylic acids is 2. The highest BCUT2D eigenvalue weighted by atomic mass is 16.6. The summed E-state index contributed by atoms with van der Waals surface area (Å²) in [4.78, 5) is 25.9. The number of nitrogens with zero attached hydrogens (tertiary/aromatic N) is 1. The molecule has 1 heterocycles. The number of aliphatic hydroxyl groups is 2. The topological polar surface area (TPSA) is 87.1 Å². The fourth-order valence-electron chi connectivity index (χ4n) is 2.89. The van der Waals surface area contributed by atoms with E-state index in [0.717, 1.165) is 10.5 Å². The number of hydrogen-bond donors (Lipinski definition) is 2. The van der Waals surface area contributed by atoms with E-state index in [1.54, 1.807) is 20.8 Å². The molecule has 6 heteroatoms. The van der Waals surface area contributed by atoms with Crippen LogP contribution in [0.3, 0.4) is 0 Å². The largest absolute Gasteiger partial charge is 0.439 e. The number of amides is 2. The van der Waals surface area contributed by atoms with Gasteiger partial charge in [-0.25, -0.2) is 9.69 Å². The first-order valence-electron chi connectivity index (χ1n) is 8.27. The van der Waals surface area contributed by atoms with Crippen LogP contribution in [0.2, 0.25) is 0 Å². The fourth-order valence-corrected chi connectivity index (χ4v) is 2.89. The molecular formula is C18H25NO5. The van der Waals surface area contributed by atoms with Gasteiger partial charge >= 0.3 is 6.09 Å². The lowest BCUT2D eigenvalue weighted by molar-refractivity contribution is -0.136. The van der Waals surface area contributed by atoms with E-state index < -0.39 is 42.3 Å². The molecule has 5 atom stereocenters. The van der Waals surface area contributed by atoms with Crippen LogP contribution in [0.15, 0.2) is 30.3 Å². The summed E-state index contributed by atoms with van der Waals surface area (Å²) >= 11 is 0. The van der Waals surface area contributed by atoms with E-state index >= 15 is 0 Å².